The molecule has 0 aliphatic carbocycles. The smallest absolute Gasteiger partial charge is 0.261 e. The highest BCUT2D eigenvalue weighted by molar-refractivity contribution is 6.46. The fraction of sp³-hybridized carbons (Fsp3) is 0.500. The minimum absolute atomic E-state index is 0.118. The second-order valence-corrected chi connectivity index (χ2v) is 23.1. The molecule has 0 atom stereocenters. The van der Waals surface area contributed by atoms with Crippen molar-refractivity contribution in [3.8, 4) is 0 Å². The first-order valence-corrected chi connectivity index (χ1v) is 29.6. The lowest BCUT2D eigenvalue weighted by Crippen LogP contribution is -2.47. The molecule has 8 aromatic carbocycles. The third-order valence-corrected chi connectivity index (χ3v) is 17.9. The summed E-state index contributed by atoms with van der Waals surface area (Å²) in [6.07, 6.45) is 26.4. The van der Waals surface area contributed by atoms with Crippen LogP contribution in [0, 0.1) is 27.7 Å². The van der Waals surface area contributed by atoms with Gasteiger partial charge in [0, 0.05) is 22.9 Å². The molecule has 2 heterocycles. The molecule has 8 aromatic rings. The van der Waals surface area contributed by atoms with Crippen LogP contribution < -0.4 is 0 Å². The van der Waals surface area contributed by atoms with Crippen LogP contribution in [-0.4, -0.2) is 45.5 Å². The maximum Gasteiger partial charge on any atom is 0.261 e. The molecule has 0 spiro atoms. The molecule has 0 aromatic heterocycles. The number of hydrogen-bond acceptors (Lipinski definition) is 4. The highest BCUT2D eigenvalue weighted by Crippen LogP contribution is 2.52. The standard InChI is InChI=1S/C68H82N2O4/c1-9-13-17-21-25-29-45(30-26-22-18-14-10-2)69-65(71)55-41(5)37-51-47-33-35-49-53-39-43(7)57-64-58(68(74)70(67(57)73)46(31-27-23-19-15-11-3)32-28-24-20-16-12-4)44(8)40-54(62(53)64)50-36-34-48(59(47)60(49)50)52-38-42(6)56(66(69)72)63(55)61(51)52/h33-40,45-46H,9-32H2,1-8H3. The van der Waals surface area contributed by atoms with E-state index in [4.69, 9.17) is 0 Å². The zero-order chi connectivity index (χ0) is 51.9. The van der Waals surface area contributed by atoms with E-state index in [-0.39, 0.29) is 35.7 Å². The number of carbonyl (C=O) groups excluding carboxylic acids is 4. The summed E-state index contributed by atoms with van der Waals surface area (Å²) >= 11 is 0. The summed E-state index contributed by atoms with van der Waals surface area (Å²) in [5.41, 5.74) is 6.40. The number of imide groups is 2. The summed E-state index contributed by atoms with van der Waals surface area (Å²) in [6.45, 7) is 17.2. The molecule has 6 heteroatoms. The number of benzene rings is 8. The first-order chi connectivity index (χ1) is 36.0. The largest absolute Gasteiger partial charge is 0.271 e. The van der Waals surface area contributed by atoms with E-state index in [1.54, 1.807) is 9.80 Å². The summed E-state index contributed by atoms with van der Waals surface area (Å²) in [6, 6.07) is 17.7. The zero-order valence-corrected chi connectivity index (χ0v) is 46.3. The first-order valence-electron chi connectivity index (χ1n) is 29.6. The van der Waals surface area contributed by atoms with Crippen molar-refractivity contribution in [1.29, 1.82) is 0 Å². The molecule has 2 aliphatic rings. The molecule has 0 N–H and O–H groups in total. The van der Waals surface area contributed by atoms with Gasteiger partial charge in [0.05, 0.1) is 22.3 Å². The van der Waals surface area contributed by atoms with Crippen LogP contribution in [0.5, 0.6) is 0 Å². The van der Waals surface area contributed by atoms with Gasteiger partial charge in [-0.25, -0.2) is 0 Å². The third kappa shape index (κ3) is 8.72. The van der Waals surface area contributed by atoms with Gasteiger partial charge in [0.2, 0.25) is 0 Å². The van der Waals surface area contributed by atoms with E-state index >= 15 is 19.2 Å². The average molecular weight is 991 g/mol. The van der Waals surface area contributed by atoms with Gasteiger partial charge in [0.1, 0.15) is 0 Å². The molecule has 6 nitrogen and oxygen atoms in total. The number of unbranched alkanes of at least 4 members (excludes halogenated alkanes) is 16. The second kappa shape index (κ2) is 21.9. The van der Waals surface area contributed by atoms with Gasteiger partial charge in [-0.3, -0.25) is 29.0 Å². The van der Waals surface area contributed by atoms with E-state index in [1.165, 1.54) is 87.8 Å². The molecule has 0 saturated carbocycles. The number of amides is 4. The van der Waals surface area contributed by atoms with E-state index in [2.05, 4.69) is 104 Å². The van der Waals surface area contributed by atoms with Gasteiger partial charge >= 0.3 is 0 Å². The SMILES string of the molecule is CCCCCCCC(CCCCCCC)N1C(=O)c2c(C)cc3c4ccc5c6cc(C)c7c8c(c(C)cc(c9ccc(c%10cc(C)c(c2c3%10)C1=O)c4c59)c86)C(=O)N(C(CCCCCCC)CCCCCCC)C7=O. The summed E-state index contributed by atoms with van der Waals surface area (Å²) in [5, 5.41) is 14.7. The highest BCUT2D eigenvalue weighted by Gasteiger charge is 2.42. The average Bonchev–Trinajstić information content (AvgIpc) is 3.38. The van der Waals surface area contributed by atoms with Gasteiger partial charge in [0.25, 0.3) is 23.6 Å². The Morgan fingerprint density at radius 1 is 0.297 bits per heavy atom. The van der Waals surface area contributed by atoms with Gasteiger partial charge in [-0.1, -0.05) is 180 Å². The van der Waals surface area contributed by atoms with E-state index in [1.807, 2.05) is 0 Å². The zero-order valence-electron chi connectivity index (χ0n) is 46.3. The van der Waals surface area contributed by atoms with Crippen molar-refractivity contribution in [2.45, 2.75) is 222 Å². The van der Waals surface area contributed by atoms with Crippen molar-refractivity contribution in [3.05, 3.63) is 93.0 Å². The second-order valence-electron chi connectivity index (χ2n) is 23.1. The predicted molar refractivity (Wildman–Crippen MR) is 312 cm³/mol. The van der Waals surface area contributed by atoms with Crippen LogP contribution >= 0.6 is 0 Å². The van der Waals surface area contributed by atoms with Crippen LogP contribution in [-0.2, 0) is 0 Å². The van der Waals surface area contributed by atoms with Crippen molar-refractivity contribution < 1.29 is 19.2 Å². The van der Waals surface area contributed by atoms with Crippen molar-refractivity contribution >= 4 is 99.0 Å². The van der Waals surface area contributed by atoms with Crippen LogP contribution in [0.2, 0.25) is 0 Å². The Morgan fingerprint density at radius 3 is 0.743 bits per heavy atom. The molecule has 10 rings (SSSR count). The van der Waals surface area contributed by atoms with Crippen LogP contribution in [0.4, 0.5) is 0 Å². The summed E-state index contributed by atoms with van der Waals surface area (Å²) in [7, 11) is 0. The summed E-state index contributed by atoms with van der Waals surface area (Å²) in [4.78, 5) is 64.2. The molecule has 0 fully saturated rings. The van der Waals surface area contributed by atoms with Crippen molar-refractivity contribution in [3.63, 3.8) is 0 Å². The van der Waals surface area contributed by atoms with Crippen molar-refractivity contribution in [2.75, 3.05) is 0 Å². The monoisotopic (exact) mass is 991 g/mol. The van der Waals surface area contributed by atoms with Gasteiger partial charge in [-0.15, -0.1) is 0 Å². The minimum atomic E-state index is -0.131. The van der Waals surface area contributed by atoms with Crippen LogP contribution in [0.3, 0.4) is 0 Å². The molecule has 388 valence electrons. The van der Waals surface area contributed by atoms with Crippen LogP contribution in [0.1, 0.15) is 245 Å². The molecular weight excluding hydrogens is 909 g/mol. The van der Waals surface area contributed by atoms with Crippen molar-refractivity contribution in [2.24, 2.45) is 0 Å². The minimum Gasteiger partial charge on any atom is -0.271 e. The lowest BCUT2D eigenvalue weighted by Gasteiger charge is -2.36. The van der Waals surface area contributed by atoms with Gasteiger partial charge in [-0.05, 0) is 165 Å². The van der Waals surface area contributed by atoms with E-state index < -0.39 is 0 Å². The number of carbonyl (C=O) groups is 4. The van der Waals surface area contributed by atoms with Gasteiger partial charge in [0.15, 0.2) is 0 Å². The topological polar surface area (TPSA) is 74.8 Å². The first kappa shape index (κ1) is 51.8. The lowest BCUT2D eigenvalue weighted by molar-refractivity contribution is 0.0500. The number of aryl methyl sites for hydroxylation is 4. The third-order valence-electron chi connectivity index (χ3n) is 17.9. The molecule has 4 amide bonds. The maximum atomic E-state index is 15.2. The molecule has 2 aliphatic heterocycles. The highest BCUT2D eigenvalue weighted by atomic mass is 16.2. The van der Waals surface area contributed by atoms with Crippen LogP contribution in [0.15, 0.2) is 48.5 Å². The Kier molecular flexibility index (Phi) is 15.4. The molecular formula is C68H82N2O4. The fourth-order valence-corrected chi connectivity index (χ4v) is 14.2. The molecule has 0 unspecified atom stereocenters. The maximum absolute atomic E-state index is 15.2. The molecule has 0 bridgehead atoms. The number of nitrogens with zero attached hydrogens (tertiary/aromatic N) is 2. The number of fused-ring (bicyclic) bond motifs is 4. The number of rotatable bonds is 26. The van der Waals surface area contributed by atoms with Gasteiger partial charge < -0.3 is 0 Å². The summed E-state index contributed by atoms with van der Waals surface area (Å²) < 4.78 is 0. The Balaban J connectivity index is 1.11. The molecule has 0 radical (unpaired) electrons. The van der Waals surface area contributed by atoms with E-state index in [0.29, 0.717) is 22.3 Å². The predicted octanol–water partition coefficient (Wildman–Crippen LogP) is 19.2. The molecule has 74 heavy (non-hydrogen) atoms. The Bertz CT molecular complexity index is 3010. The molecule has 0 saturated heterocycles. The normalized spacial score (nSPS) is 14.2. The van der Waals surface area contributed by atoms with Crippen LogP contribution in [0.25, 0.3) is 75.4 Å². The lowest BCUT2D eigenvalue weighted by atomic mass is 9.78. The van der Waals surface area contributed by atoms with E-state index in [9.17, 15) is 0 Å². The van der Waals surface area contributed by atoms with Gasteiger partial charge in [-0.2, -0.15) is 0 Å². The Morgan fingerprint density at radius 2 is 0.514 bits per heavy atom. The Labute approximate surface area is 440 Å². The summed E-state index contributed by atoms with van der Waals surface area (Å²) in [5.74, 6) is -0.522. The van der Waals surface area contributed by atoms with Crippen molar-refractivity contribution in [1.82, 2.24) is 9.80 Å². The Hall–Kier alpha value is -5.62. The number of hydrogen-bond donors (Lipinski definition) is 0. The fourth-order valence-electron chi connectivity index (χ4n) is 14.2. The van der Waals surface area contributed by atoms with E-state index in [0.717, 1.165) is 164 Å². The quantitative estimate of drug-likeness (QED) is 0.0234.